The van der Waals surface area contributed by atoms with Crippen LogP contribution in [0.1, 0.15) is 22.5 Å². The van der Waals surface area contributed by atoms with E-state index >= 15 is 0 Å². The number of nitrogens with two attached hydrogens (primary N) is 1. The summed E-state index contributed by atoms with van der Waals surface area (Å²) in [6.45, 7) is 0.413. The van der Waals surface area contributed by atoms with Gasteiger partial charge in [0.1, 0.15) is 0 Å². The standard InChI is InChI=1S/C14H14N2OS2/c15-8-10(9-1-4-16-5-2-9)14(17)13-7-12-11(19-13)3-6-18-12/h1-7,10,14,17H,8,15H2. The Morgan fingerprint density at radius 2 is 2.00 bits per heavy atom. The third-order valence-corrected chi connectivity index (χ3v) is 5.38. The quantitative estimate of drug-likeness (QED) is 0.776. The number of pyridine rings is 1. The topological polar surface area (TPSA) is 59.1 Å². The highest BCUT2D eigenvalue weighted by Gasteiger charge is 2.23. The van der Waals surface area contributed by atoms with Crippen LogP contribution in [0.5, 0.6) is 0 Å². The molecule has 19 heavy (non-hydrogen) atoms. The zero-order valence-electron chi connectivity index (χ0n) is 10.2. The molecule has 0 aliphatic heterocycles. The molecular weight excluding hydrogens is 276 g/mol. The highest BCUT2D eigenvalue weighted by Crippen LogP contribution is 2.38. The molecule has 3 aromatic rings. The summed E-state index contributed by atoms with van der Waals surface area (Å²) in [5.74, 6) is -0.0873. The van der Waals surface area contributed by atoms with Gasteiger partial charge in [0.05, 0.1) is 6.10 Å². The normalized spacial score (nSPS) is 14.6. The number of nitrogens with zero attached hydrogens (tertiary/aromatic N) is 1. The van der Waals surface area contributed by atoms with Gasteiger partial charge in [-0.1, -0.05) is 0 Å². The molecule has 98 valence electrons. The second kappa shape index (κ2) is 5.38. The van der Waals surface area contributed by atoms with Crippen LogP contribution in [-0.2, 0) is 0 Å². The number of rotatable bonds is 4. The van der Waals surface area contributed by atoms with Crippen molar-refractivity contribution in [3.05, 3.63) is 52.5 Å². The van der Waals surface area contributed by atoms with E-state index in [1.165, 1.54) is 9.40 Å². The summed E-state index contributed by atoms with van der Waals surface area (Å²) in [5, 5.41) is 12.6. The van der Waals surface area contributed by atoms with E-state index in [0.717, 1.165) is 10.4 Å². The molecule has 5 heteroatoms. The van der Waals surface area contributed by atoms with E-state index < -0.39 is 6.10 Å². The van der Waals surface area contributed by atoms with Crippen molar-refractivity contribution in [3.63, 3.8) is 0 Å². The van der Waals surface area contributed by atoms with Gasteiger partial charge in [-0.25, -0.2) is 0 Å². The molecule has 0 amide bonds. The van der Waals surface area contributed by atoms with E-state index in [1.54, 1.807) is 35.1 Å². The van der Waals surface area contributed by atoms with Crippen LogP contribution in [-0.4, -0.2) is 16.6 Å². The molecule has 3 nitrogen and oxygen atoms in total. The minimum atomic E-state index is -0.558. The molecule has 0 aliphatic rings. The van der Waals surface area contributed by atoms with Crippen molar-refractivity contribution < 1.29 is 5.11 Å². The van der Waals surface area contributed by atoms with Crippen LogP contribution in [0, 0.1) is 0 Å². The lowest BCUT2D eigenvalue weighted by Crippen LogP contribution is -2.19. The van der Waals surface area contributed by atoms with Crippen LogP contribution in [0.2, 0.25) is 0 Å². The molecule has 3 N–H and O–H groups in total. The smallest absolute Gasteiger partial charge is 0.0963 e. The maximum absolute atomic E-state index is 10.6. The van der Waals surface area contributed by atoms with E-state index in [9.17, 15) is 5.11 Å². The molecule has 0 aromatic carbocycles. The summed E-state index contributed by atoms with van der Waals surface area (Å²) in [6.07, 6.45) is 2.91. The van der Waals surface area contributed by atoms with Crippen molar-refractivity contribution in [2.24, 2.45) is 5.73 Å². The molecule has 2 unspecified atom stereocenters. The summed E-state index contributed by atoms with van der Waals surface area (Å²) in [6, 6.07) is 7.98. The van der Waals surface area contributed by atoms with Crippen LogP contribution in [0.15, 0.2) is 42.0 Å². The summed E-state index contributed by atoms with van der Waals surface area (Å²) < 4.78 is 2.45. The average molecular weight is 290 g/mol. The highest BCUT2D eigenvalue weighted by atomic mass is 32.1. The first-order chi connectivity index (χ1) is 9.29. The summed E-state index contributed by atoms with van der Waals surface area (Å²) >= 11 is 3.34. The number of fused-ring (bicyclic) bond motifs is 1. The van der Waals surface area contributed by atoms with E-state index in [-0.39, 0.29) is 5.92 Å². The highest BCUT2D eigenvalue weighted by molar-refractivity contribution is 7.26. The Labute approximate surface area is 119 Å². The van der Waals surface area contributed by atoms with Crippen LogP contribution in [0.3, 0.4) is 0 Å². The van der Waals surface area contributed by atoms with Gasteiger partial charge < -0.3 is 10.8 Å². The third-order valence-electron chi connectivity index (χ3n) is 3.22. The first-order valence-electron chi connectivity index (χ1n) is 6.04. The van der Waals surface area contributed by atoms with E-state index in [2.05, 4.69) is 22.5 Å². The Morgan fingerprint density at radius 3 is 2.68 bits per heavy atom. The van der Waals surface area contributed by atoms with Crippen molar-refractivity contribution in [3.8, 4) is 0 Å². The number of hydrogen-bond donors (Lipinski definition) is 2. The minimum Gasteiger partial charge on any atom is -0.387 e. The maximum Gasteiger partial charge on any atom is 0.0963 e. The lowest BCUT2D eigenvalue weighted by molar-refractivity contribution is 0.151. The lowest BCUT2D eigenvalue weighted by atomic mass is 9.93. The van der Waals surface area contributed by atoms with E-state index in [1.807, 2.05) is 12.1 Å². The van der Waals surface area contributed by atoms with Crippen molar-refractivity contribution in [1.29, 1.82) is 0 Å². The fourth-order valence-corrected chi connectivity index (χ4v) is 4.36. The van der Waals surface area contributed by atoms with Gasteiger partial charge in [-0.2, -0.15) is 0 Å². The maximum atomic E-state index is 10.6. The van der Waals surface area contributed by atoms with Gasteiger partial charge in [0, 0.05) is 39.1 Å². The van der Waals surface area contributed by atoms with Gasteiger partial charge in [0.25, 0.3) is 0 Å². The molecule has 0 saturated carbocycles. The van der Waals surface area contributed by atoms with Gasteiger partial charge in [0.2, 0.25) is 0 Å². The Hall–Kier alpha value is -1.27. The largest absolute Gasteiger partial charge is 0.387 e. The Bertz CT molecular complexity index is 634. The zero-order valence-corrected chi connectivity index (χ0v) is 11.8. The van der Waals surface area contributed by atoms with Crippen molar-refractivity contribution >= 4 is 32.1 Å². The number of aliphatic hydroxyl groups excluding tert-OH is 1. The molecule has 0 spiro atoms. The Kier molecular flexibility index (Phi) is 3.61. The second-order valence-electron chi connectivity index (χ2n) is 4.37. The second-order valence-corrected chi connectivity index (χ2v) is 6.43. The fourth-order valence-electron chi connectivity index (χ4n) is 2.19. The molecule has 2 atom stereocenters. The number of aliphatic hydroxyl groups is 1. The van der Waals surface area contributed by atoms with Gasteiger partial charge in [-0.15, -0.1) is 22.7 Å². The number of hydrogen-bond acceptors (Lipinski definition) is 5. The third kappa shape index (κ3) is 2.42. The van der Waals surface area contributed by atoms with Gasteiger partial charge in [-0.05, 0) is 35.2 Å². The van der Waals surface area contributed by atoms with Gasteiger partial charge in [0.15, 0.2) is 0 Å². The van der Waals surface area contributed by atoms with Crippen LogP contribution in [0.25, 0.3) is 9.40 Å². The Morgan fingerprint density at radius 1 is 1.21 bits per heavy atom. The Balaban J connectivity index is 1.93. The van der Waals surface area contributed by atoms with Crippen LogP contribution in [0.4, 0.5) is 0 Å². The molecule has 3 aromatic heterocycles. The van der Waals surface area contributed by atoms with E-state index in [0.29, 0.717) is 6.54 Å². The predicted octanol–water partition coefficient (Wildman–Crippen LogP) is 3.13. The fraction of sp³-hybridized carbons (Fsp3) is 0.214. The SMILES string of the molecule is NCC(c1ccncc1)C(O)c1cc2sccc2s1. The first-order valence-corrected chi connectivity index (χ1v) is 7.74. The molecule has 3 rings (SSSR count). The van der Waals surface area contributed by atoms with Crippen molar-refractivity contribution in [2.45, 2.75) is 12.0 Å². The van der Waals surface area contributed by atoms with Gasteiger partial charge >= 0.3 is 0 Å². The minimum absolute atomic E-state index is 0.0873. The number of thiophene rings is 2. The molecule has 3 heterocycles. The monoisotopic (exact) mass is 290 g/mol. The molecule has 0 fully saturated rings. The number of aromatic nitrogens is 1. The molecule has 0 bridgehead atoms. The van der Waals surface area contributed by atoms with Gasteiger partial charge in [-0.3, -0.25) is 4.98 Å². The summed E-state index contributed by atoms with van der Waals surface area (Å²) in [5.41, 5.74) is 6.87. The molecule has 0 saturated heterocycles. The zero-order chi connectivity index (χ0) is 13.2. The molecule has 0 radical (unpaired) electrons. The van der Waals surface area contributed by atoms with Crippen LogP contribution < -0.4 is 5.73 Å². The van der Waals surface area contributed by atoms with Crippen LogP contribution >= 0.6 is 22.7 Å². The molecular formula is C14H14N2OS2. The summed E-state index contributed by atoms with van der Waals surface area (Å²) in [4.78, 5) is 4.98. The average Bonchev–Trinajstić information content (AvgIpc) is 3.01. The van der Waals surface area contributed by atoms with Crippen molar-refractivity contribution in [1.82, 2.24) is 4.98 Å². The molecule has 0 aliphatic carbocycles. The first kappa shape index (κ1) is 12.7. The van der Waals surface area contributed by atoms with Crippen molar-refractivity contribution in [2.75, 3.05) is 6.54 Å². The lowest BCUT2D eigenvalue weighted by Gasteiger charge is -2.20. The van der Waals surface area contributed by atoms with E-state index in [4.69, 9.17) is 5.73 Å². The summed E-state index contributed by atoms with van der Waals surface area (Å²) in [7, 11) is 0. The predicted molar refractivity (Wildman–Crippen MR) is 80.7 cm³/mol.